The number of alkyl halides is 3. The number of hydrogen-bond acceptors (Lipinski definition) is 4. The van der Waals surface area contributed by atoms with Gasteiger partial charge in [0.05, 0.1) is 29.6 Å². The zero-order valence-electron chi connectivity index (χ0n) is 19.1. The van der Waals surface area contributed by atoms with E-state index in [2.05, 4.69) is 15.0 Å². The lowest BCUT2D eigenvalue weighted by Gasteiger charge is -2.39. The molecule has 3 atom stereocenters. The minimum absolute atomic E-state index is 0.0462. The van der Waals surface area contributed by atoms with E-state index in [4.69, 9.17) is 11.6 Å². The smallest absolute Gasteiger partial charge is 0.359 e. The summed E-state index contributed by atoms with van der Waals surface area (Å²) in [6.07, 6.45) is -0.737. The molecule has 7 nitrogen and oxygen atoms in total. The van der Waals surface area contributed by atoms with E-state index in [0.717, 1.165) is 6.07 Å². The predicted molar refractivity (Wildman–Crippen MR) is 123 cm³/mol. The highest BCUT2D eigenvalue weighted by Gasteiger charge is 2.36. The molecule has 0 bridgehead atoms. The molecule has 0 aliphatic carbocycles. The van der Waals surface area contributed by atoms with Gasteiger partial charge in [0.2, 0.25) is 5.91 Å². The van der Waals surface area contributed by atoms with Crippen LogP contribution >= 0.6 is 11.6 Å². The van der Waals surface area contributed by atoms with Crippen LogP contribution in [0.5, 0.6) is 0 Å². The summed E-state index contributed by atoms with van der Waals surface area (Å²) in [5.74, 6) is -2.07. The van der Waals surface area contributed by atoms with Crippen LogP contribution in [-0.4, -0.2) is 64.1 Å². The molecule has 1 aliphatic rings. The van der Waals surface area contributed by atoms with Crippen molar-refractivity contribution in [3.63, 3.8) is 0 Å². The SMILES string of the molecule is C[C@H](OCC(F)(F)F)C(=O)N[C@@H]1CN(C(=O)c2cccn3cncc23)CC[C@H]1c1cc(F)cc(Cl)c1. The predicted octanol–water partition coefficient (Wildman–Crippen LogP) is 4.21. The lowest BCUT2D eigenvalue weighted by Crippen LogP contribution is -2.55. The molecule has 1 aliphatic heterocycles. The van der Waals surface area contributed by atoms with E-state index in [1.54, 1.807) is 46.2 Å². The molecule has 3 aromatic rings. The maximum atomic E-state index is 14.1. The summed E-state index contributed by atoms with van der Waals surface area (Å²) in [7, 11) is 0. The quantitative estimate of drug-likeness (QED) is 0.488. The number of benzene rings is 1. The fraction of sp³-hybridized carbons (Fsp3) is 0.375. The van der Waals surface area contributed by atoms with Crippen molar-refractivity contribution in [1.29, 1.82) is 0 Å². The molecule has 1 aromatic carbocycles. The fourth-order valence-electron chi connectivity index (χ4n) is 4.37. The number of fused-ring (bicyclic) bond motifs is 1. The number of piperidine rings is 1. The molecule has 1 saturated heterocycles. The summed E-state index contributed by atoms with van der Waals surface area (Å²) in [6.45, 7) is -0.0137. The Labute approximate surface area is 209 Å². The average Bonchev–Trinajstić information content (AvgIpc) is 3.30. The second-order valence-electron chi connectivity index (χ2n) is 8.64. The Kier molecular flexibility index (Phi) is 7.51. The van der Waals surface area contributed by atoms with Crippen molar-refractivity contribution in [3.05, 3.63) is 71.0 Å². The van der Waals surface area contributed by atoms with Crippen molar-refractivity contribution >= 4 is 28.9 Å². The normalized spacial score (nSPS) is 19.3. The van der Waals surface area contributed by atoms with Gasteiger partial charge >= 0.3 is 6.18 Å². The van der Waals surface area contributed by atoms with Crippen molar-refractivity contribution in [2.24, 2.45) is 0 Å². The molecule has 36 heavy (non-hydrogen) atoms. The third-order valence-corrected chi connectivity index (χ3v) is 6.31. The van der Waals surface area contributed by atoms with Crippen molar-refractivity contribution in [2.75, 3.05) is 19.7 Å². The third kappa shape index (κ3) is 5.96. The van der Waals surface area contributed by atoms with E-state index in [9.17, 15) is 27.2 Å². The van der Waals surface area contributed by atoms with Gasteiger partial charge in [-0.2, -0.15) is 13.2 Å². The van der Waals surface area contributed by atoms with Crippen LogP contribution < -0.4 is 5.32 Å². The second-order valence-corrected chi connectivity index (χ2v) is 9.08. The van der Waals surface area contributed by atoms with Crippen LogP contribution in [0.4, 0.5) is 17.6 Å². The molecule has 1 N–H and O–H groups in total. The van der Waals surface area contributed by atoms with Crippen molar-refractivity contribution in [1.82, 2.24) is 19.6 Å². The molecule has 2 amide bonds. The van der Waals surface area contributed by atoms with Crippen LogP contribution in [0.25, 0.3) is 5.52 Å². The molecule has 192 valence electrons. The number of hydrogen-bond donors (Lipinski definition) is 1. The molecule has 1 fully saturated rings. The highest BCUT2D eigenvalue weighted by atomic mass is 35.5. The van der Waals surface area contributed by atoms with E-state index >= 15 is 0 Å². The summed E-state index contributed by atoms with van der Waals surface area (Å²) in [5, 5.41) is 2.87. The van der Waals surface area contributed by atoms with Crippen LogP contribution in [0.15, 0.2) is 49.1 Å². The highest BCUT2D eigenvalue weighted by molar-refractivity contribution is 6.30. The number of pyridine rings is 1. The molecule has 0 spiro atoms. The van der Waals surface area contributed by atoms with Crippen molar-refractivity contribution in [3.8, 4) is 0 Å². The number of carbonyl (C=O) groups is 2. The van der Waals surface area contributed by atoms with Gasteiger partial charge in [-0.3, -0.25) is 9.59 Å². The first kappa shape index (κ1) is 25.9. The summed E-state index contributed by atoms with van der Waals surface area (Å²) < 4.78 is 58.0. The minimum Gasteiger partial charge on any atom is -0.359 e. The fourth-order valence-corrected chi connectivity index (χ4v) is 4.60. The molecule has 3 heterocycles. The zero-order valence-corrected chi connectivity index (χ0v) is 19.9. The monoisotopic (exact) mass is 526 g/mol. The molecule has 4 rings (SSSR count). The second kappa shape index (κ2) is 10.4. The van der Waals surface area contributed by atoms with Crippen molar-refractivity contribution < 1.29 is 31.9 Å². The number of nitrogens with zero attached hydrogens (tertiary/aromatic N) is 3. The van der Waals surface area contributed by atoms with Gasteiger partial charge in [0, 0.05) is 30.2 Å². The van der Waals surface area contributed by atoms with Crippen molar-refractivity contribution in [2.45, 2.75) is 37.6 Å². The minimum atomic E-state index is -4.59. The van der Waals surface area contributed by atoms with Crippen LogP contribution in [0.2, 0.25) is 5.02 Å². The first-order valence-electron chi connectivity index (χ1n) is 11.2. The molecule has 0 radical (unpaired) electrons. The molecular weight excluding hydrogens is 504 g/mol. The molecule has 0 unspecified atom stereocenters. The number of halogens is 5. The summed E-state index contributed by atoms with van der Waals surface area (Å²) in [4.78, 5) is 31.7. The highest BCUT2D eigenvalue weighted by Crippen LogP contribution is 2.32. The zero-order chi connectivity index (χ0) is 26.0. The number of aromatic nitrogens is 2. The maximum Gasteiger partial charge on any atom is 0.411 e. The standard InChI is InChI=1S/C24H23ClF4N4O3/c1-14(36-12-24(27,28)29)22(34)31-20-11-32(6-4-18(20)15-7-16(25)9-17(26)8-15)23(35)19-3-2-5-33-13-30-10-21(19)33/h2-3,5,7-10,13-14,18,20H,4,6,11-12H2,1H3,(H,31,34)/t14-,18-,20+/m0/s1. The maximum absolute atomic E-state index is 14.1. The van der Waals surface area contributed by atoms with Gasteiger partial charge in [-0.05, 0) is 49.2 Å². The van der Waals surface area contributed by atoms with Gasteiger partial charge in [0.1, 0.15) is 18.5 Å². The van der Waals surface area contributed by atoms with E-state index in [0.29, 0.717) is 29.6 Å². The lowest BCUT2D eigenvalue weighted by molar-refractivity contribution is -0.186. The number of carbonyl (C=O) groups excluding carboxylic acids is 2. The molecule has 2 aromatic heterocycles. The molecular formula is C24H23ClF4N4O3. The lowest BCUT2D eigenvalue weighted by atomic mass is 9.84. The summed E-state index contributed by atoms with van der Waals surface area (Å²) >= 11 is 6.03. The van der Waals surface area contributed by atoms with Crippen LogP contribution in [0.3, 0.4) is 0 Å². The summed E-state index contributed by atoms with van der Waals surface area (Å²) in [5.41, 5.74) is 1.53. The third-order valence-electron chi connectivity index (χ3n) is 6.09. The van der Waals surface area contributed by atoms with Crippen LogP contribution in [0.1, 0.15) is 35.2 Å². The Balaban J connectivity index is 1.57. The topological polar surface area (TPSA) is 75.9 Å². The average molecular weight is 527 g/mol. The Bertz CT molecular complexity index is 1250. The van der Waals surface area contributed by atoms with Gasteiger partial charge in [-0.15, -0.1) is 0 Å². The molecule has 12 heteroatoms. The number of rotatable bonds is 6. The van der Waals surface area contributed by atoms with Gasteiger partial charge in [0.15, 0.2) is 0 Å². The molecule has 0 saturated carbocycles. The van der Waals surface area contributed by atoms with Gasteiger partial charge in [-0.25, -0.2) is 9.37 Å². The van der Waals surface area contributed by atoms with E-state index < -0.39 is 42.6 Å². The number of ether oxygens (including phenoxy) is 1. The van der Waals surface area contributed by atoms with Crippen LogP contribution in [0, 0.1) is 5.82 Å². The van der Waals surface area contributed by atoms with Crippen LogP contribution in [-0.2, 0) is 9.53 Å². The van der Waals surface area contributed by atoms with Gasteiger partial charge in [0.25, 0.3) is 5.91 Å². The van der Waals surface area contributed by atoms with E-state index in [-0.39, 0.29) is 17.5 Å². The Morgan fingerprint density at radius 2 is 2.08 bits per heavy atom. The Morgan fingerprint density at radius 3 is 2.81 bits per heavy atom. The number of imidazole rings is 1. The van der Waals surface area contributed by atoms with E-state index in [1.165, 1.54) is 13.0 Å². The summed E-state index contributed by atoms with van der Waals surface area (Å²) in [6, 6.07) is 6.67. The Hall–Kier alpha value is -3.18. The number of amides is 2. The van der Waals surface area contributed by atoms with E-state index in [1.807, 2.05) is 0 Å². The number of likely N-dealkylation sites (tertiary alicyclic amines) is 1. The Morgan fingerprint density at radius 1 is 1.31 bits per heavy atom. The van der Waals surface area contributed by atoms with Gasteiger partial charge < -0.3 is 19.4 Å². The van der Waals surface area contributed by atoms with Gasteiger partial charge in [-0.1, -0.05) is 11.6 Å². The first-order valence-corrected chi connectivity index (χ1v) is 11.5. The first-order chi connectivity index (χ1) is 17.0. The number of nitrogens with one attached hydrogen (secondary N) is 1. The largest absolute Gasteiger partial charge is 0.411 e.